The molecule has 0 aromatic carbocycles. The van der Waals surface area contributed by atoms with Crippen LogP contribution >= 0.6 is 15.9 Å². The Bertz CT molecular complexity index is 72.2. The molecule has 0 saturated carbocycles. The SMILES string of the molecule is C=CCCOCCC.CCCBr. The molecule has 0 aliphatic rings. The third-order valence-corrected chi connectivity index (χ3v) is 1.80. The summed E-state index contributed by atoms with van der Waals surface area (Å²) in [5.41, 5.74) is 0. The zero-order chi connectivity index (χ0) is 9.66. The predicted octanol–water partition coefficient (Wildman–Crippen LogP) is 3.78. The smallest absolute Gasteiger partial charge is 0.0500 e. The Kier molecular flexibility index (Phi) is 21.2. The van der Waals surface area contributed by atoms with E-state index in [1.807, 2.05) is 6.08 Å². The van der Waals surface area contributed by atoms with E-state index in [2.05, 4.69) is 36.4 Å². The molecule has 0 rings (SSSR count). The molecular weight excluding hydrogens is 216 g/mol. The molecule has 0 heterocycles. The quantitative estimate of drug-likeness (QED) is 0.388. The zero-order valence-electron chi connectivity index (χ0n) is 8.31. The molecule has 0 aliphatic carbocycles. The molecule has 12 heavy (non-hydrogen) atoms. The molecular formula is C10H21BrO. The predicted molar refractivity (Wildman–Crippen MR) is 60.0 cm³/mol. The Labute approximate surface area is 85.3 Å². The molecule has 0 atom stereocenters. The lowest BCUT2D eigenvalue weighted by Crippen LogP contribution is -1.92. The summed E-state index contributed by atoms with van der Waals surface area (Å²) < 4.78 is 5.15. The van der Waals surface area contributed by atoms with Crippen molar-refractivity contribution in [3.05, 3.63) is 12.7 Å². The van der Waals surface area contributed by atoms with Gasteiger partial charge in [-0.05, 0) is 19.3 Å². The average Bonchev–Trinajstić information content (AvgIpc) is 2.13. The average molecular weight is 237 g/mol. The first-order valence-corrected chi connectivity index (χ1v) is 5.70. The van der Waals surface area contributed by atoms with Crippen molar-refractivity contribution in [2.24, 2.45) is 0 Å². The molecule has 0 unspecified atom stereocenters. The minimum absolute atomic E-state index is 0.831. The van der Waals surface area contributed by atoms with Crippen molar-refractivity contribution >= 4 is 15.9 Å². The third kappa shape index (κ3) is 22.5. The molecule has 0 spiro atoms. The van der Waals surface area contributed by atoms with Gasteiger partial charge in [-0.2, -0.15) is 0 Å². The molecule has 0 saturated heterocycles. The van der Waals surface area contributed by atoms with Crippen LogP contribution in [0, 0.1) is 0 Å². The minimum atomic E-state index is 0.831. The maximum absolute atomic E-state index is 5.15. The molecule has 0 aliphatic heterocycles. The normalized spacial score (nSPS) is 8.58. The molecule has 0 aromatic heterocycles. The summed E-state index contributed by atoms with van der Waals surface area (Å²) in [6, 6.07) is 0. The van der Waals surface area contributed by atoms with Gasteiger partial charge in [0.05, 0.1) is 0 Å². The molecule has 0 fully saturated rings. The highest BCUT2D eigenvalue weighted by atomic mass is 79.9. The van der Waals surface area contributed by atoms with Crippen molar-refractivity contribution in [2.45, 2.75) is 33.1 Å². The molecule has 2 heteroatoms. The number of hydrogen-bond donors (Lipinski definition) is 0. The van der Waals surface area contributed by atoms with Gasteiger partial charge >= 0.3 is 0 Å². The Morgan fingerprint density at radius 3 is 2.17 bits per heavy atom. The second-order valence-electron chi connectivity index (χ2n) is 2.38. The molecule has 0 bridgehead atoms. The maximum Gasteiger partial charge on any atom is 0.0500 e. The number of alkyl halides is 1. The molecule has 0 aromatic rings. The van der Waals surface area contributed by atoms with Gasteiger partial charge in [-0.15, -0.1) is 6.58 Å². The van der Waals surface area contributed by atoms with Crippen LogP contribution in [0.1, 0.15) is 33.1 Å². The van der Waals surface area contributed by atoms with E-state index >= 15 is 0 Å². The summed E-state index contributed by atoms with van der Waals surface area (Å²) in [6.45, 7) is 9.53. The Morgan fingerprint density at radius 2 is 1.83 bits per heavy atom. The summed E-state index contributed by atoms with van der Waals surface area (Å²) in [7, 11) is 0. The van der Waals surface area contributed by atoms with Crippen LogP contribution in [-0.2, 0) is 4.74 Å². The van der Waals surface area contributed by atoms with E-state index in [0.29, 0.717) is 0 Å². The fourth-order valence-corrected chi connectivity index (χ4v) is 0.413. The Morgan fingerprint density at radius 1 is 1.25 bits per heavy atom. The Balaban J connectivity index is 0. The van der Waals surface area contributed by atoms with E-state index in [0.717, 1.165) is 31.4 Å². The van der Waals surface area contributed by atoms with Crippen LogP contribution in [0.4, 0.5) is 0 Å². The van der Waals surface area contributed by atoms with Gasteiger partial charge in [0, 0.05) is 18.5 Å². The van der Waals surface area contributed by atoms with Crippen molar-refractivity contribution in [2.75, 3.05) is 18.5 Å². The molecule has 0 radical (unpaired) electrons. The van der Waals surface area contributed by atoms with Gasteiger partial charge in [-0.25, -0.2) is 0 Å². The monoisotopic (exact) mass is 236 g/mol. The van der Waals surface area contributed by atoms with Gasteiger partial charge in [-0.1, -0.05) is 35.9 Å². The van der Waals surface area contributed by atoms with Crippen molar-refractivity contribution in [1.29, 1.82) is 0 Å². The molecule has 1 nitrogen and oxygen atoms in total. The summed E-state index contributed by atoms with van der Waals surface area (Å²) in [5.74, 6) is 0. The summed E-state index contributed by atoms with van der Waals surface area (Å²) in [6.07, 6.45) is 5.19. The van der Waals surface area contributed by atoms with E-state index in [1.54, 1.807) is 0 Å². The fraction of sp³-hybridized carbons (Fsp3) is 0.800. The van der Waals surface area contributed by atoms with E-state index in [1.165, 1.54) is 6.42 Å². The van der Waals surface area contributed by atoms with Gasteiger partial charge in [0.1, 0.15) is 0 Å². The number of ether oxygens (including phenoxy) is 1. The van der Waals surface area contributed by atoms with Gasteiger partial charge in [-0.3, -0.25) is 0 Å². The highest BCUT2D eigenvalue weighted by Crippen LogP contribution is 1.84. The van der Waals surface area contributed by atoms with Crippen LogP contribution < -0.4 is 0 Å². The first-order valence-electron chi connectivity index (χ1n) is 4.58. The minimum Gasteiger partial charge on any atom is -0.381 e. The highest BCUT2D eigenvalue weighted by Gasteiger charge is 1.79. The van der Waals surface area contributed by atoms with Crippen LogP contribution in [0.15, 0.2) is 12.7 Å². The summed E-state index contributed by atoms with van der Waals surface area (Å²) in [5, 5.41) is 1.13. The van der Waals surface area contributed by atoms with Crippen molar-refractivity contribution in [1.82, 2.24) is 0 Å². The van der Waals surface area contributed by atoms with E-state index in [-0.39, 0.29) is 0 Å². The van der Waals surface area contributed by atoms with Gasteiger partial charge in [0.25, 0.3) is 0 Å². The number of halogens is 1. The van der Waals surface area contributed by atoms with Crippen molar-refractivity contribution in [3.63, 3.8) is 0 Å². The molecule has 74 valence electrons. The van der Waals surface area contributed by atoms with Crippen molar-refractivity contribution in [3.8, 4) is 0 Å². The fourth-order valence-electron chi connectivity index (χ4n) is 0.413. The number of rotatable bonds is 6. The van der Waals surface area contributed by atoms with Gasteiger partial charge in [0.15, 0.2) is 0 Å². The topological polar surface area (TPSA) is 9.23 Å². The zero-order valence-corrected chi connectivity index (χ0v) is 9.90. The largest absolute Gasteiger partial charge is 0.381 e. The van der Waals surface area contributed by atoms with Crippen LogP contribution in [-0.4, -0.2) is 18.5 Å². The Hall–Kier alpha value is 0.180. The van der Waals surface area contributed by atoms with E-state index in [4.69, 9.17) is 4.74 Å². The van der Waals surface area contributed by atoms with Crippen LogP contribution in [0.25, 0.3) is 0 Å². The highest BCUT2D eigenvalue weighted by molar-refractivity contribution is 9.09. The lowest BCUT2D eigenvalue weighted by molar-refractivity contribution is 0.139. The molecule has 0 N–H and O–H groups in total. The van der Waals surface area contributed by atoms with Gasteiger partial charge in [0.2, 0.25) is 0 Å². The summed E-state index contributed by atoms with van der Waals surface area (Å²) in [4.78, 5) is 0. The second-order valence-corrected chi connectivity index (χ2v) is 3.17. The lowest BCUT2D eigenvalue weighted by Gasteiger charge is -1.96. The first-order chi connectivity index (χ1) is 5.83. The molecule has 0 amide bonds. The lowest BCUT2D eigenvalue weighted by atomic mass is 10.4. The van der Waals surface area contributed by atoms with Crippen LogP contribution in [0.5, 0.6) is 0 Å². The van der Waals surface area contributed by atoms with Crippen LogP contribution in [0.2, 0.25) is 0 Å². The summed E-state index contributed by atoms with van der Waals surface area (Å²) >= 11 is 3.25. The van der Waals surface area contributed by atoms with E-state index < -0.39 is 0 Å². The third-order valence-electron chi connectivity index (χ3n) is 1.00. The van der Waals surface area contributed by atoms with Crippen LogP contribution in [0.3, 0.4) is 0 Å². The van der Waals surface area contributed by atoms with Gasteiger partial charge < -0.3 is 4.74 Å². The standard InChI is InChI=1S/C7H14O.C3H7Br/c1-3-5-7-8-6-4-2;1-2-3-4/h3H,1,4-7H2,2H3;2-3H2,1H3. The number of hydrogen-bond acceptors (Lipinski definition) is 1. The van der Waals surface area contributed by atoms with E-state index in [9.17, 15) is 0 Å². The van der Waals surface area contributed by atoms with Crippen molar-refractivity contribution < 1.29 is 4.74 Å². The maximum atomic E-state index is 5.15. The first kappa shape index (κ1) is 14.7. The second kappa shape index (κ2) is 17.3.